The quantitative estimate of drug-likeness (QED) is 0.833. The van der Waals surface area contributed by atoms with Crippen LogP contribution in [-0.2, 0) is 16.9 Å². The number of carbonyl (C=O) groups is 1. The molecule has 0 bridgehead atoms. The zero-order chi connectivity index (χ0) is 17.0. The molecule has 0 saturated carbocycles. The molecule has 1 atom stereocenters. The molecule has 0 spiro atoms. The Morgan fingerprint density at radius 3 is 2.78 bits per heavy atom. The summed E-state index contributed by atoms with van der Waals surface area (Å²) < 4.78 is 5.03. The standard InChI is InChI=1S/C15H19ClN4O3/c1-4-15(22,10-6-5-7-11(16)8-10)13(21)17-9-12-18-14(19-23-12)20(2)3/h5-8,22H,4,9H2,1-3H3,(H,17,21)/t15-/m1/s1. The highest BCUT2D eigenvalue weighted by Gasteiger charge is 2.36. The Balaban J connectivity index is 2.10. The highest BCUT2D eigenvalue weighted by Crippen LogP contribution is 2.27. The number of anilines is 1. The summed E-state index contributed by atoms with van der Waals surface area (Å²) in [4.78, 5) is 18.2. The van der Waals surface area contributed by atoms with Gasteiger partial charge in [-0.2, -0.15) is 4.98 Å². The van der Waals surface area contributed by atoms with Gasteiger partial charge in [-0.1, -0.05) is 30.7 Å². The highest BCUT2D eigenvalue weighted by atomic mass is 35.5. The number of halogens is 1. The molecule has 2 aromatic rings. The molecule has 2 rings (SSSR count). The predicted octanol–water partition coefficient (Wildman–Crippen LogP) is 1.70. The van der Waals surface area contributed by atoms with Crippen LogP contribution >= 0.6 is 11.6 Å². The van der Waals surface area contributed by atoms with Gasteiger partial charge in [-0.25, -0.2) is 0 Å². The van der Waals surface area contributed by atoms with Crippen molar-refractivity contribution in [1.82, 2.24) is 15.5 Å². The normalized spacial score (nSPS) is 13.4. The Kier molecular flexibility index (Phi) is 5.23. The first-order valence-electron chi connectivity index (χ1n) is 7.13. The third-order valence-corrected chi connectivity index (χ3v) is 3.68. The molecule has 0 aliphatic rings. The van der Waals surface area contributed by atoms with Crippen molar-refractivity contribution in [2.24, 2.45) is 0 Å². The summed E-state index contributed by atoms with van der Waals surface area (Å²) in [7, 11) is 3.56. The minimum absolute atomic E-state index is 0.0303. The summed E-state index contributed by atoms with van der Waals surface area (Å²) in [6.45, 7) is 1.75. The second-order valence-corrected chi connectivity index (χ2v) is 5.73. The molecular formula is C15H19ClN4O3. The average Bonchev–Trinajstić information content (AvgIpc) is 3.01. The Morgan fingerprint density at radius 1 is 1.48 bits per heavy atom. The smallest absolute Gasteiger partial charge is 0.265 e. The summed E-state index contributed by atoms with van der Waals surface area (Å²) in [5.74, 6) is 0.119. The molecular weight excluding hydrogens is 320 g/mol. The maximum atomic E-state index is 12.4. The summed E-state index contributed by atoms with van der Waals surface area (Å²) >= 11 is 5.94. The van der Waals surface area contributed by atoms with Crippen molar-refractivity contribution in [3.63, 3.8) is 0 Å². The van der Waals surface area contributed by atoms with Crippen molar-refractivity contribution in [3.05, 3.63) is 40.7 Å². The van der Waals surface area contributed by atoms with Crippen LogP contribution in [0, 0.1) is 0 Å². The summed E-state index contributed by atoms with van der Waals surface area (Å²) in [6, 6.07) is 6.60. The molecule has 1 amide bonds. The van der Waals surface area contributed by atoms with Gasteiger partial charge in [-0.3, -0.25) is 4.79 Å². The largest absolute Gasteiger partial charge is 0.375 e. The van der Waals surface area contributed by atoms with Crippen LogP contribution in [0.15, 0.2) is 28.8 Å². The van der Waals surface area contributed by atoms with Crippen LogP contribution in [0.3, 0.4) is 0 Å². The fraction of sp³-hybridized carbons (Fsp3) is 0.400. The Bertz CT molecular complexity index is 689. The molecule has 1 heterocycles. The van der Waals surface area contributed by atoms with Crippen LogP contribution in [0.2, 0.25) is 5.02 Å². The molecule has 0 aliphatic heterocycles. The monoisotopic (exact) mass is 338 g/mol. The molecule has 0 radical (unpaired) electrons. The van der Waals surface area contributed by atoms with E-state index in [0.717, 1.165) is 0 Å². The van der Waals surface area contributed by atoms with Crippen molar-refractivity contribution >= 4 is 23.5 Å². The lowest BCUT2D eigenvalue weighted by molar-refractivity contribution is -0.141. The number of nitrogens with zero attached hydrogens (tertiary/aromatic N) is 3. The number of hydrogen-bond acceptors (Lipinski definition) is 6. The van der Waals surface area contributed by atoms with E-state index in [1.807, 2.05) is 0 Å². The Morgan fingerprint density at radius 2 is 2.22 bits per heavy atom. The fourth-order valence-corrected chi connectivity index (χ4v) is 2.23. The number of aliphatic hydroxyl groups is 1. The SMILES string of the molecule is CC[C@](O)(C(=O)NCc1nc(N(C)C)no1)c1cccc(Cl)c1. The maximum Gasteiger partial charge on any atom is 0.265 e. The first-order chi connectivity index (χ1) is 10.9. The van der Waals surface area contributed by atoms with Crippen molar-refractivity contribution < 1.29 is 14.4 Å². The van der Waals surface area contributed by atoms with E-state index in [1.165, 1.54) is 0 Å². The number of hydrogen-bond donors (Lipinski definition) is 2. The molecule has 0 fully saturated rings. The molecule has 0 unspecified atom stereocenters. The van der Waals surface area contributed by atoms with Crippen molar-refractivity contribution in [2.75, 3.05) is 19.0 Å². The van der Waals surface area contributed by atoms with Gasteiger partial charge in [0.05, 0.1) is 6.54 Å². The molecule has 8 heteroatoms. The topological polar surface area (TPSA) is 91.5 Å². The Hall–Kier alpha value is -2.12. The average molecular weight is 339 g/mol. The summed E-state index contributed by atoms with van der Waals surface area (Å²) in [6.07, 6.45) is 0.200. The molecule has 0 saturated heterocycles. The van der Waals surface area contributed by atoms with Crippen LogP contribution < -0.4 is 10.2 Å². The fourth-order valence-electron chi connectivity index (χ4n) is 2.04. The number of amides is 1. The molecule has 7 nitrogen and oxygen atoms in total. The third kappa shape index (κ3) is 3.80. The van der Waals surface area contributed by atoms with Gasteiger partial charge in [0.15, 0.2) is 5.60 Å². The van der Waals surface area contributed by atoms with E-state index in [9.17, 15) is 9.90 Å². The van der Waals surface area contributed by atoms with Crippen LogP contribution in [0.4, 0.5) is 5.95 Å². The van der Waals surface area contributed by atoms with Crippen LogP contribution in [0.1, 0.15) is 24.8 Å². The van der Waals surface area contributed by atoms with Gasteiger partial charge in [-0.15, -0.1) is 0 Å². The lowest BCUT2D eigenvalue weighted by Crippen LogP contribution is -2.43. The van der Waals surface area contributed by atoms with Gasteiger partial charge < -0.3 is 19.8 Å². The van der Waals surface area contributed by atoms with Gasteiger partial charge in [0.25, 0.3) is 11.9 Å². The predicted molar refractivity (Wildman–Crippen MR) is 86.1 cm³/mol. The van der Waals surface area contributed by atoms with E-state index >= 15 is 0 Å². The third-order valence-electron chi connectivity index (χ3n) is 3.45. The summed E-state index contributed by atoms with van der Waals surface area (Å²) in [5, 5.41) is 17.5. The van der Waals surface area contributed by atoms with Gasteiger partial charge in [0.2, 0.25) is 5.89 Å². The molecule has 1 aromatic carbocycles. The van der Waals surface area contributed by atoms with Crippen LogP contribution in [0.5, 0.6) is 0 Å². The van der Waals surface area contributed by atoms with Crippen LogP contribution in [-0.4, -0.2) is 35.2 Å². The molecule has 23 heavy (non-hydrogen) atoms. The molecule has 124 valence electrons. The lowest BCUT2D eigenvalue weighted by Gasteiger charge is -2.26. The molecule has 0 aliphatic carbocycles. The Labute approximate surface area is 139 Å². The minimum atomic E-state index is -1.67. The van der Waals surface area contributed by atoms with Crippen molar-refractivity contribution in [3.8, 4) is 0 Å². The molecule has 1 aromatic heterocycles. The van der Waals surface area contributed by atoms with Gasteiger partial charge in [0, 0.05) is 19.1 Å². The van der Waals surface area contributed by atoms with E-state index in [2.05, 4.69) is 15.5 Å². The number of rotatable bonds is 6. The first-order valence-corrected chi connectivity index (χ1v) is 7.51. The number of benzene rings is 1. The highest BCUT2D eigenvalue weighted by molar-refractivity contribution is 6.30. The lowest BCUT2D eigenvalue weighted by atomic mass is 9.90. The van der Waals surface area contributed by atoms with Gasteiger partial charge in [0.1, 0.15) is 0 Å². The summed E-state index contributed by atoms with van der Waals surface area (Å²) in [5.41, 5.74) is -1.24. The van der Waals surface area contributed by atoms with Gasteiger partial charge >= 0.3 is 0 Å². The zero-order valence-corrected chi connectivity index (χ0v) is 14.0. The van der Waals surface area contributed by atoms with E-state index in [1.54, 1.807) is 50.2 Å². The second kappa shape index (κ2) is 6.97. The second-order valence-electron chi connectivity index (χ2n) is 5.29. The van der Waals surface area contributed by atoms with E-state index in [0.29, 0.717) is 16.5 Å². The number of nitrogens with one attached hydrogen (secondary N) is 1. The van der Waals surface area contributed by atoms with E-state index in [4.69, 9.17) is 16.1 Å². The number of carbonyl (C=O) groups excluding carboxylic acids is 1. The minimum Gasteiger partial charge on any atom is -0.375 e. The van der Waals surface area contributed by atoms with E-state index in [-0.39, 0.29) is 18.9 Å². The first kappa shape index (κ1) is 17.2. The van der Waals surface area contributed by atoms with Gasteiger partial charge in [-0.05, 0) is 29.3 Å². The maximum absolute atomic E-state index is 12.4. The molecule has 2 N–H and O–H groups in total. The van der Waals surface area contributed by atoms with Crippen LogP contribution in [0.25, 0.3) is 0 Å². The number of aromatic nitrogens is 2. The zero-order valence-electron chi connectivity index (χ0n) is 13.2. The van der Waals surface area contributed by atoms with Crippen molar-refractivity contribution in [1.29, 1.82) is 0 Å². The van der Waals surface area contributed by atoms with Crippen molar-refractivity contribution in [2.45, 2.75) is 25.5 Å². The van der Waals surface area contributed by atoms with E-state index < -0.39 is 11.5 Å².